The number of pyridine rings is 1. The van der Waals surface area contributed by atoms with Crippen LogP contribution >= 0.6 is 0 Å². The van der Waals surface area contributed by atoms with Crippen LogP contribution in [0.4, 0.5) is 0 Å². The highest BCUT2D eigenvalue weighted by Gasteiger charge is 2.30. The van der Waals surface area contributed by atoms with Crippen molar-refractivity contribution in [1.29, 1.82) is 5.26 Å². The highest BCUT2D eigenvalue weighted by Crippen LogP contribution is 2.46. The summed E-state index contributed by atoms with van der Waals surface area (Å²) in [6.07, 6.45) is 1.86. The van der Waals surface area contributed by atoms with Crippen molar-refractivity contribution in [3.05, 3.63) is 192 Å². The fraction of sp³-hybridized carbons (Fsp3) is 0.246. The van der Waals surface area contributed by atoms with E-state index in [0.29, 0.717) is 17.0 Å². The van der Waals surface area contributed by atoms with Gasteiger partial charge in [-0.15, -0.1) is 0 Å². The van der Waals surface area contributed by atoms with Gasteiger partial charge in [-0.2, -0.15) is 5.26 Å². The third-order valence-electron chi connectivity index (χ3n) is 13.6. The van der Waals surface area contributed by atoms with E-state index in [0.717, 1.165) is 89.2 Å². The molecule has 0 radical (unpaired) electrons. The van der Waals surface area contributed by atoms with Crippen molar-refractivity contribution in [2.24, 2.45) is 0 Å². The molecule has 0 fully saturated rings. The van der Waals surface area contributed by atoms with Gasteiger partial charge in [0.15, 0.2) is 0 Å². The highest BCUT2D eigenvalue weighted by molar-refractivity contribution is 5.98. The summed E-state index contributed by atoms with van der Waals surface area (Å²) in [4.78, 5) is 10.7. The van der Waals surface area contributed by atoms with Crippen LogP contribution in [-0.2, 0) is 21.7 Å². The molecule has 0 aliphatic rings. The molecule has 0 saturated carbocycles. The van der Waals surface area contributed by atoms with E-state index in [1.54, 1.807) is 0 Å². The zero-order valence-corrected chi connectivity index (χ0v) is 42.8. The number of rotatable bonds is 7. The van der Waals surface area contributed by atoms with Crippen LogP contribution in [0.5, 0.6) is 5.75 Å². The first-order valence-corrected chi connectivity index (χ1v) is 24.4. The molecule has 5 heteroatoms. The number of imidazole rings is 1. The van der Waals surface area contributed by atoms with Crippen LogP contribution in [0.25, 0.3) is 83.9 Å². The minimum absolute atomic E-state index is 0.0906. The van der Waals surface area contributed by atoms with Crippen molar-refractivity contribution in [1.82, 2.24) is 14.5 Å². The van der Waals surface area contributed by atoms with Gasteiger partial charge in [-0.05, 0) is 126 Å². The predicted octanol–water partition coefficient (Wildman–Crippen LogP) is 17.2. The lowest BCUT2D eigenvalue weighted by Gasteiger charge is -2.28. The van der Waals surface area contributed by atoms with E-state index in [-0.39, 0.29) is 27.4 Å². The van der Waals surface area contributed by atoms with E-state index in [9.17, 15) is 10.4 Å². The van der Waals surface area contributed by atoms with Crippen LogP contribution in [-0.4, -0.2) is 19.6 Å². The van der Waals surface area contributed by atoms with Crippen molar-refractivity contribution in [2.75, 3.05) is 0 Å². The van der Waals surface area contributed by atoms with Crippen molar-refractivity contribution in [2.45, 2.75) is 105 Å². The summed E-state index contributed by atoms with van der Waals surface area (Å²) in [5.74, 6) is 0.916. The molecule has 2 aromatic heterocycles. The van der Waals surface area contributed by atoms with Gasteiger partial charge in [-0.1, -0.05) is 186 Å². The minimum Gasteiger partial charge on any atom is -0.507 e. The van der Waals surface area contributed by atoms with E-state index in [1.165, 1.54) is 5.56 Å². The molecule has 0 spiro atoms. The molecule has 0 saturated heterocycles. The average molecular weight is 917 g/mol. The van der Waals surface area contributed by atoms with Gasteiger partial charge in [0.05, 0.1) is 39.6 Å². The van der Waals surface area contributed by atoms with Gasteiger partial charge in [-0.25, -0.2) is 4.98 Å². The van der Waals surface area contributed by atoms with Crippen LogP contribution in [0.1, 0.15) is 111 Å². The second kappa shape index (κ2) is 17.8. The molecule has 0 unspecified atom stereocenters. The van der Waals surface area contributed by atoms with E-state index >= 15 is 0 Å². The molecule has 70 heavy (non-hydrogen) atoms. The summed E-state index contributed by atoms with van der Waals surface area (Å²) >= 11 is 0. The number of para-hydroxylation sites is 1. The first-order valence-electron chi connectivity index (χ1n) is 24.4. The number of aromatic nitrogens is 3. The fourth-order valence-electron chi connectivity index (χ4n) is 9.43. The Bertz CT molecular complexity index is 3470. The molecule has 0 atom stereocenters. The first-order chi connectivity index (χ1) is 33.1. The number of nitrogens with zero attached hydrogens (tertiary/aromatic N) is 4. The number of phenolic OH excluding ortho intramolecular Hbond substituents is 1. The van der Waals surface area contributed by atoms with Gasteiger partial charge in [0.25, 0.3) is 0 Å². The Balaban J connectivity index is 1.30. The minimum atomic E-state index is -0.343. The number of phenols is 1. The standard InChI is InChI=1S/C65H64N4O/c1-62(2,3)48-27-29-57(53(37-48)42-22-17-14-18-23-42)69-58-25-19-24-52(59(58)68-61(69)54-38-50(64(7,8)9)39-55(60(54)70)65(10,11)12)45-33-46(35-49(34-45)63(4,5)6)56-36-44(30-31-67-56)43-26-28-51(47(32-43)40-66)41-20-15-13-16-21-41/h13-39,70H,1-12H3. The van der Waals surface area contributed by atoms with Gasteiger partial charge in [0, 0.05) is 28.5 Å². The molecule has 9 rings (SSSR count). The summed E-state index contributed by atoms with van der Waals surface area (Å²) < 4.78 is 2.28. The second-order valence-corrected chi connectivity index (χ2v) is 22.9. The Kier molecular flexibility index (Phi) is 12.1. The molecular weight excluding hydrogens is 853 g/mol. The van der Waals surface area contributed by atoms with Gasteiger partial charge in [0.1, 0.15) is 11.6 Å². The van der Waals surface area contributed by atoms with E-state index in [2.05, 4.69) is 203 Å². The van der Waals surface area contributed by atoms with Crippen LogP contribution < -0.4 is 0 Å². The largest absolute Gasteiger partial charge is 0.507 e. The average Bonchev–Trinajstić information content (AvgIpc) is 3.72. The van der Waals surface area contributed by atoms with Crippen molar-refractivity contribution >= 4 is 11.0 Å². The summed E-state index contributed by atoms with van der Waals surface area (Å²) in [6.45, 7) is 26.7. The maximum atomic E-state index is 12.6. The Morgan fingerprint density at radius 3 is 1.69 bits per heavy atom. The van der Waals surface area contributed by atoms with E-state index in [1.807, 2.05) is 54.7 Å². The van der Waals surface area contributed by atoms with Gasteiger partial charge in [-0.3, -0.25) is 9.55 Å². The highest BCUT2D eigenvalue weighted by atomic mass is 16.3. The van der Waals surface area contributed by atoms with Crippen LogP contribution in [0.15, 0.2) is 164 Å². The molecule has 0 aliphatic heterocycles. The Morgan fingerprint density at radius 1 is 0.457 bits per heavy atom. The molecule has 1 N–H and O–H groups in total. The normalized spacial score (nSPS) is 12.3. The fourth-order valence-corrected chi connectivity index (χ4v) is 9.43. The van der Waals surface area contributed by atoms with Crippen LogP contribution in [0.2, 0.25) is 0 Å². The van der Waals surface area contributed by atoms with Gasteiger partial charge >= 0.3 is 0 Å². The number of aromatic hydroxyl groups is 1. The third kappa shape index (κ3) is 9.19. The molecule has 2 heterocycles. The van der Waals surface area contributed by atoms with Gasteiger partial charge in [0.2, 0.25) is 0 Å². The SMILES string of the molecule is CC(C)(C)c1cc(-c2cc(-c3ccc(-c4ccccc4)c(C#N)c3)ccn2)cc(-c2cccc3c2nc(-c2cc(C(C)(C)C)cc(C(C)(C)C)c2O)n3-c2ccc(C(C)(C)C)cc2-c2ccccc2)c1. The monoisotopic (exact) mass is 917 g/mol. The van der Waals surface area contributed by atoms with Gasteiger partial charge < -0.3 is 5.11 Å². The molecule has 0 bridgehead atoms. The number of hydrogen-bond donors (Lipinski definition) is 1. The molecular formula is C65H64N4O. The van der Waals surface area contributed by atoms with Crippen molar-refractivity contribution in [3.8, 4) is 84.7 Å². The second-order valence-electron chi connectivity index (χ2n) is 22.9. The maximum absolute atomic E-state index is 12.6. The lowest BCUT2D eigenvalue weighted by molar-refractivity contribution is 0.446. The summed E-state index contributed by atoms with van der Waals surface area (Å²) in [5, 5.41) is 22.9. The Hall–Kier alpha value is -7.55. The van der Waals surface area contributed by atoms with E-state index < -0.39 is 0 Å². The Morgan fingerprint density at radius 2 is 1.06 bits per heavy atom. The predicted molar refractivity (Wildman–Crippen MR) is 293 cm³/mol. The van der Waals surface area contributed by atoms with E-state index in [4.69, 9.17) is 9.97 Å². The number of nitriles is 1. The molecule has 5 nitrogen and oxygen atoms in total. The summed E-state index contributed by atoms with van der Waals surface area (Å²) in [7, 11) is 0. The first kappa shape index (κ1) is 47.5. The molecule has 350 valence electrons. The van der Waals surface area contributed by atoms with Crippen LogP contribution in [0.3, 0.4) is 0 Å². The topological polar surface area (TPSA) is 74.7 Å². The Labute approximate surface area is 415 Å². The smallest absolute Gasteiger partial charge is 0.149 e. The zero-order chi connectivity index (χ0) is 49.9. The quantitative estimate of drug-likeness (QED) is 0.173. The number of hydrogen-bond acceptors (Lipinski definition) is 4. The zero-order valence-electron chi connectivity index (χ0n) is 42.8. The van der Waals surface area contributed by atoms with Crippen LogP contribution in [0, 0.1) is 11.3 Å². The molecule has 0 aliphatic carbocycles. The third-order valence-corrected chi connectivity index (χ3v) is 13.6. The number of fused-ring (bicyclic) bond motifs is 1. The van der Waals surface area contributed by atoms with Crippen molar-refractivity contribution < 1.29 is 5.11 Å². The molecule has 9 aromatic rings. The maximum Gasteiger partial charge on any atom is 0.149 e. The number of benzene rings is 7. The molecule has 0 amide bonds. The summed E-state index contributed by atoms with van der Waals surface area (Å²) in [6, 6.07) is 57.7. The lowest BCUT2D eigenvalue weighted by atomic mass is 9.79. The van der Waals surface area contributed by atoms with Crippen molar-refractivity contribution in [3.63, 3.8) is 0 Å². The molecule has 7 aromatic carbocycles. The summed E-state index contributed by atoms with van der Waals surface area (Å²) in [5.41, 5.74) is 17.5. The lowest BCUT2D eigenvalue weighted by Crippen LogP contribution is -2.17.